The van der Waals surface area contributed by atoms with Gasteiger partial charge >= 0.3 is 5.97 Å². The number of carbonyl (C=O) groups excluding carboxylic acids is 1. The Morgan fingerprint density at radius 3 is 1.34 bits per heavy atom. The minimum absolute atomic E-state index is 0.0206. The molecule has 0 aliphatic heterocycles. The van der Waals surface area contributed by atoms with Crippen LogP contribution in [0.5, 0.6) is 0 Å². The number of esters is 1. The van der Waals surface area contributed by atoms with Crippen molar-refractivity contribution in [3.05, 3.63) is 0 Å². The van der Waals surface area contributed by atoms with Gasteiger partial charge in [-0.2, -0.15) is 0 Å². The number of hydrogen-bond acceptors (Lipinski definition) is 2. The molecule has 0 saturated heterocycles. The first kappa shape index (κ1) is 31.5. The van der Waals surface area contributed by atoms with Crippen LogP contribution in [0.15, 0.2) is 0 Å². The monoisotopic (exact) mass is 452 g/mol. The lowest BCUT2D eigenvalue weighted by Crippen LogP contribution is -2.05. The minimum atomic E-state index is 0.0206. The van der Waals surface area contributed by atoms with E-state index in [1.54, 1.807) is 0 Å². The van der Waals surface area contributed by atoms with Crippen LogP contribution in [0, 0.1) is 5.92 Å². The SMILES string of the molecule is CCCCCCCCCCCCCCCCCCC(=O)OCCCCCCCCC(C)C. The summed E-state index contributed by atoms with van der Waals surface area (Å²) in [6.07, 6.45) is 31.4. The summed E-state index contributed by atoms with van der Waals surface area (Å²) in [5.41, 5.74) is 0. The molecule has 0 amide bonds. The van der Waals surface area contributed by atoms with E-state index in [0.717, 1.165) is 18.8 Å². The van der Waals surface area contributed by atoms with Gasteiger partial charge in [-0.25, -0.2) is 0 Å². The molecule has 32 heavy (non-hydrogen) atoms. The van der Waals surface area contributed by atoms with Crippen molar-refractivity contribution in [2.24, 2.45) is 5.92 Å². The Balaban J connectivity index is 3.14. The van der Waals surface area contributed by atoms with Gasteiger partial charge in [-0.15, -0.1) is 0 Å². The van der Waals surface area contributed by atoms with Gasteiger partial charge in [-0.3, -0.25) is 4.79 Å². The smallest absolute Gasteiger partial charge is 0.305 e. The van der Waals surface area contributed by atoms with Crippen LogP contribution in [0.3, 0.4) is 0 Å². The Labute approximate surface area is 203 Å². The number of hydrogen-bond donors (Lipinski definition) is 0. The molecule has 0 N–H and O–H groups in total. The van der Waals surface area contributed by atoms with Crippen LogP contribution in [0.1, 0.15) is 175 Å². The van der Waals surface area contributed by atoms with Gasteiger partial charge < -0.3 is 4.74 Å². The third kappa shape index (κ3) is 27.5. The lowest BCUT2D eigenvalue weighted by atomic mass is 10.0. The number of unbranched alkanes of at least 4 members (excludes halogenated alkanes) is 20. The summed E-state index contributed by atoms with van der Waals surface area (Å²) in [6.45, 7) is 7.52. The Hall–Kier alpha value is -0.530. The average molecular weight is 453 g/mol. The molecule has 2 nitrogen and oxygen atoms in total. The molecule has 0 aliphatic carbocycles. The van der Waals surface area contributed by atoms with E-state index in [2.05, 4.69) is 20.8 Å². The summed E-state index contributed by atoms with van der Waals surface area (Å²) in [4.78, 5) is 11.8. The summed E-state index contributed by atoms with van der Waals surface area (Å²) in [5, 5.41) is 0. The van der Waals surface area contributed by atoms with Crippen molar-refractivity contribution in [1.29, 1.82) is 0 Å². The fraction of sp³-hybridized carbons (Fsp3) is 0.967. The van der Waals surface area contributed by atoms with Crippen molar-refractivity contribution >= 4 is 5.97 Å². The zero-order chi connectivity index (χ0) is 23.5. The molecular weight excluding hydrogens is 392 g/mol. The Bertz CT molecular complexity index is 364. The molecular formula is C30H60O2. The van der Waals surface area contributed by atoms with E-state index < -0.39 is 0 Å². The fourth-order valence-electron chi connectivity index (χ4n) is 4.44. The van der Waals surface area contributed by atoms with Gasteiger partial charge in [-0.05, 0) is 18.8 Å². The zero-order valence-corrected chi connectivity index (χ0v) is 22.6. The molecule has 0 aromatic rings. The van der Waals surface area contributed by atoms with Gasteiger partial charge in [0.1, 0.15) is 0 Å². The zero-order valence-electron chi connectivity index (χ0n) is 22.6. The van der Waals surface area contributed by atoms with Gasteiger partial charge in [0.15, 0.2) is 0 Å². The maximum absolute atomic E-state index is 11.8. The molecule has 0 aliphatic rings. The van der Waals surface area contributed by atoms with Crippen molar-refractivity contribution in [3.63, 3.8) is 0 Å². The molecule has 0 heterocycles. The Kier molecular flexibility index (Phi) is 26.3. The number of rotatable bonds is 26. The highest BCUT2D eigenvalue weighted by atomic mass is 16.5. The molecule has 0 spiro atoms. The molecule has 0 rings (SSSR count). The van der Waals surface area contributed by atoms with E-state index in [0.29, 0.717) is 13.0 Å². The standard InChI is InChI=1S/C30H60O2/c1-4-5-6-7-8-9-10-11-12-13-14-15-16-17-21-24-27-30(31)32-28-25-22-19-18-20-23-26-29(2)3/h29H,4-28H2,1-3H3. The van der Waals surface area contributed by atoms with E-state index in [1.165, 1.54) is 135 Å². The third-order valence-corrected chi connectivity index (χ3v) is 6.67. The summed E-state index contributed by atoms with van der Waals surface area (Å²) in [6, 6.07) is 0. The van der Waals surface area contributed by atoms with Crippen LogP contribution in [0.25, 0.3) is 0 Å². The normalized spacial score (nSPS) is 11.4. The first-order valence-corrected chi connectivity index (χ1v) is 14.8. The van der Waals surface area contributed by atoms with E-state index in [-0.39, 0.29) is 5.97 Å². The fourth-order valence-corrected chi connectivity index (χ4v) is 4.44. The molecule has 0 saturated carbocycles. The van der Waals surface area contributed by atoms with Crippen LogP contribution in [-0.2, 0) is 9.53 Å². The van der Waals surface area contributed by atoms with Gasteiger partial charge in [0, 0.05) is 6.42 Å². The van der Waals surface area contributed by atoms with Crippen LogP contribution < -0.4 is 0 Å². The molecule has 0 aromatic heterocycles. The first-order valence-electron chi connectivity index (χ1n) is 14.8. The topological polar surface area (TPSA) is 26.3 Å². The molecule has 0 unspecified atom stereocenters. The lowest BCUT2D eigenvalue weighted by molar-refractivity contribution is -0.143. The molecule has 0 atom stereocenters. The predicted molar refractivity (Wildman–Crippen MR) is 142 cm³/mol. The van der Waals surface area contributed by atoms with E-state index in [1.807, 2.05) is 0 Å². The highest BCUT2D eigenvalue weighted by Gasteiger charge is 2.03. The second kappa shape index (κ2) is 26.7. The Morgan fingerprint density at radius 1 is 0.531 bits per heavy atom. The largest absolute Gasteiger partial charge is 0.466 e. The van der Waals surface area contributed by atoms with Crippen molar-refractivity contribution in [2.75, 3.05) is 6.61 Å². The average Bonchev–Trinajstić information content (AvgIpc) is 2.77. The third-order valence-electron chi connectivity index (χ3n) is 6.67. The maximum atomic E-state index is 11.8. The van der Waals surface area contributed by atoms with Gasteiger partial charge in [-0.1, -0.05) is 156 Å². The lowest BCUT2D eigenvalue weighted by Gasteiger charge is -2.06. The predicted octanol–water partition coefficient (Wildman–Crippen LogP) is 10.6. The van der Waals surface area contributed by atoms with Crippen LogP contribution in [0.2, 0.25) is 0 Å². The maximum Gasteiger partial charge on any atom is 0.305 e. The van der Waals surface area contributed by atoms with E-state index in [4.69, 9.17) is 4.74 Å². The van der Waals surface area contributed by atoms with E-state index >= 15 is 0 Å². The molecule has 0 bridgehead atoms. The number of carbonyl (C=O) groups is 1. The van der Waals surface area contributed by atoms with Crippen molar-refractivity contribution in [1.82, 2.24) is 0 Å². The van der Waals surface area contributed by atoms with E-state index in [9.17, 15) is 4.79 Å². The van der Waals surface area contributed by atoms with Crippen molar-refractivity contribution in [2.45, 2.75) is 175 Å². The summed E-state index contributed by atoms with van der Waals surface area (Å²) < 4.78 is 5.39. The van der Waals surface area contributed by atoms with Gasteiger partial charge in [0.25, 0.3) is 0 Å². The van der Waals surface area contributed by atoms with Crippen LogP contribution >= 0.6 is 0 Å². The summed E-state index contributed by atoms with van der Waals surface area (Å²) in [7, 11) is 0. The highest BCUT2D eigenvalue weighted by Crippen LogP contribution is 2.14. The molecule has 0 aromatic carbocycles. The quantitative estimate of drug-likeness (QED) is 0.0963. The minimum Gasteiger partial charge on any atom is -0.466 e. The molecule has 2 heteroatoms. The Morgan fingerprint density at radius 2 is 0.906 bits per heavy atom. The second-order valence-corrected chi connectivity index (χ2v) is 10.6. The van der Waals surface area contributed by atoms with Crippen molar-refractivity contribution < 1.29 is 9.53 Å². The molecule has 192 valence electrons. The van der Waals surface area contributed by atoms with Crippen LogP contribution in [0.4, 0.5) is 0 Å². The summed E-state index contributed by atoms with van der Waals surface area (Å²) >= 11 is 0. The van der Waals surface area contributed by atoms with Crippen molar-refractivity contribution in [3.8, 4) is 0 Å². The molecule has 0 fully saturated rings. The van der Waals surface area contributed by atoms with Gasteiger partial charge in [0.2, 0.25) is 0 Å². The number of ether oxygens (including phenoxy) is 1. The highest BCUT2D eigenvalue weighted by molar-refractivity contribution is 5.69. The second-order valence-electron chi connectivity index (χ2n) is 10.6. The summed E-state index contributed by atoms with van der Waals surface area (Å²) in [5.74, 6) is 0.857. The van der Waals surface area contributed by atoms with Gasteiger partial charge in [0.05, 0.1) is 6.61 Å². The van der Waals surface area contributed by atoms with Crippen LogP contribution in [-0.4, -0.2) is 12.6 Å². The first-order chi connectivity index (χ1) is 15.7. The molecule has 0 radical (unpaired) electrons.